The minimum absolute atomic E-state index is 0.0100. The lowest BCUT2D eigenvalue weighted by Crippen LogP contribution is -2.14. The Bertz CT molecular complexity index is 555. The number of amides is 1. The van der Waals surface area contributed by atoms with Gasteiger partial charge >= 0.3 is 0 Å². The van der Waals surface area contributed by atoms with Crippen LogP contribution >= 0.6 is 0 Å². The summed E-state index contributed by atoms with van der Waals surface area (Å²) in [5, 5.41) is 2.55. The summed E-state index contributed by atoms with van der Waals surface area (Å²) in [4.78, 5) is 15.7. The first-order valence-corrected chi connectivity index (χ1v) is 5.15. The Kier molecular flexibility index (Phi) is 3.14. The number of aryl methyl sites for hydroxylation is 1. The maximum Gasteiger partial charge on any atom is 0.259 e. The molecular weight excluding hydrogens is 219 g/mol. The number of rotatable bonds is 2. The van der Waals surface area contributed by atoms with Crippen LogP contribution in [-0.4, -0.2) is 10.9 Å². The molecular formula is C13H11FN2O. The van der Waals surface area contributed by atoms with Crippen molar-refractivity contribution in [2.45, 2.75) is 6.92 Å². The molecule has 86 valence electrons. The Labute approximate surface area is 98.3 Å². The molecule has 2 rings (SSSR count). The average molecular weight is 230 g/mol. The van der Waals surface area contributed by atoms with Crippen LogP contribution in [0.15, 0.2) is 42.6 Å². The summed E-state index contributed by atoms with van der Waals surface area (Å²) < 4.78 is 13.3. The number of hydrogen-bond donors (Lipinski definition) is 1. The van der Waals surface area contributed by atoms with E-state index in [0.29, 0.717) is 5.82 Å². The topological polar surface area (TPSA) is 42.0 Å². The third-order valence-corrected chi connectivity index (χ3v) is 2.28. The van der Waals surface area contributed by atoms with Crippen molar-refractivity contribution < 1.29 is 9.18 Å². The predicted octanol–water partition coefficient (Wildman–Crippen LogP) is 2.78. The number of aromatic nitrogens is 1. The van der Waals surface area contributed by atoms with Crippen LogP contribution < -0.4 is 5.32 Å². The quantitative estimate of drug-likeness (QED) is 0.861. The van der Waals surface area contributed by atoms with Gasteiger partial charge in [0.25, 0.3) is 5.91 Å². The van der Waals surface area contributed by atoms with Crippen molar-refractivity contribution in [1.29, 1.82) is 0 Å². The first-order chi connectivity index (χ1) is 8.16. The predicted molar refractivity (Wildman–Crippen MR) is 63.3 cm³/mol. The van der Waals surface area contributed by atoms with Gasteiger partial charge in [0, 0.05) is 6.20 Å². The smallest absolute Gasteiger partial charge is 0.259 e. The van der Waals surface area contributed by atoms with Crippen LogP contribution in [-0.2, 0) is 0 Å². The fourth-order valence-electron chi connectivity index (χ4n) is 1.43. The van der Waals surface area contributed by atoms with Gasteiger partial charge in [-0.1, -0.05) is 12.1 Å². The van der Waals surface area contributed by atoms with E-state index in [-0.39, 0.29) is 5.56 Å². The normalized spacial score (nSPS) is 10.0. The van der Waals surface area contributed by atoms with E-state index < -0.39 is 11.7 Å². The van der Waals surface area contributed by atoms with Gasteiger partial charge in [-0.25, -0.2) is 9.37 Å². The zero-order valence-electron chi connectivity index (χ0n) is 9.27. The van der Waals surface area contributed by atoms with Gasteiger partial charge in [0.05, 0.1) is 5.56 Å². The molecule has 0 unspecified atom stereocenters. The van der Waals surface area contributed by atoms with E-state index in [1.807, 2.05) is 13.0 Å². The van der Waals surface area contributed by atoms with E-state index in [0.717, 1.165) is 5.56 Å². The molecule has 1 amide bonds. The number of carbonyl (C=O) groups is 1. The maximum absolute atomic E-state index is 13.3. The molecule has 2 aromatic rings. The first-order valence-electron chi connectivity index (χ1n) is 5.15. The number of nitrogens with one attached hydrogen (secondary N) is 1. The Morgan fingerprint density at radius 1 is 1.29 bits per heavy atom. The molecule has 1 aromatic carbocycles. The van der Waals surface area contributed by atoms with Gasteiger partial charge in [-0.2, -0.15) is 0 Å². The molecule has 0 bridgehead atoms. The van der Waals surface area contributed by atoms with Crippen molar-refractivity contribution in [2.75, 3.05) is 5.32 Å². The molecule has 0 spiro atoms. The Morgan fingerprint density at radius 2 is 2.06 bits per heavy atom. The number of hydrogen-bond acceptors (Lipinski definition) is 2. The Hall–Kier alpha value is -2.23. The molecule has 0 saturated carbocycles. The van der Waals surface area contributed by atoms with Crippen LogP contribution in [0.2, 0.25) is 0 Å². The molecule has 4 heteroatoms. The fourth-order valence-corrected chi connectivity index (χ4v) is 1.43. The van der Waals surface area contributed by atoms with Crippen LogP contribution in [0, 0.1) is 12.7 Å². The van der Waals surface area contributed by atoms with Crippen molar-refractivity contribution in [1.82, 2.24) is 4.98 Å². The van der Waals surface area contributed by atoms with Crippen molar-refractivity contribution in [2.24, 2.45) is 0 Å². The van der Waals surface area contributed by atoms with Crippen LogP contribution in [0.25, 0.3) is 0 Å². The summed E-state index contributed by atoms with van der Waals surface area (Å²) in [7, 11) is 0. The first kappa shape index (κ1) is 11.3. The van der Waals surface area contributed by atoms with Gasteiger partial charge in [0.15, 0.2) is 0 Å². The summed E-state index contributed by atoms with van der Waals surface area (Å²) in [6.45, 7) is 1.89. The minimum atomic E-state index is -0.544. The van der Waals surface area contributed by atoms with E-state index in [1.54, 1.807) is 18.3 Å². The summed E-state index contributed by atoms with van der Waals surface area (Å²) in [5.41, 5.74) is 0.986. The standard InChI is InChI=1S/C13H11FN2O/c1-9-6-7-15-12(8-9)16-13(17)10-4-2-3-5-11(10)14/h2-8H,1H3,(H,15,16,17). The molecule has 0 aliphatic carbocycles. The second-order valence-corrected chi connectivity index (χ2v) is 3.65. The zero-order chi connectivity index (χ0) is 12.3. The number of benzene rings is 1. The second kappa shape index (κ2) is 4.74. The average Bonchev–Trinajstić information content (AvgIpc) is 2.29. The van der Waals surface area contributed by atoms with Crippen molar-refractivity contribution >= 4 is 11.7 Å². The van der Waals surface area contributed by atoms with E-state index in [2.05, 4.69) is 10.3 Å². The highest BCUT2D eigenvalue weighted by molar-refractivity contribution is 6.03. The summed E-state index contributed by atoms with van der Waals surface area (Å²) in [6, 6.07) is 9.37. The Balaban J connectivity index is 2.20. The highest BCUT2D eigenvalue weighted by atomic mass is 19.1. The summed E-state index contributed by atoms with van der Waals surface area (Å²) in [6.07, 6.45) is 1.59. The van der Waals surface area contributed by atoms with Crippen LogP contribution in [0.5, 0.6) is 0 Å². The molecule has 0 fully saturated rings. The van der Waals surface area contributed by atoms with Crippen LogP contribution in [0.3, 0.4) is 0 Å². The highest BCUT2D eigenvalue weighted by Gasteiger charge is 2.11. The lowest BCUT2D eigenvalue weighted by molar-refractivity contribution is 0.102. The van der Waals surface area contributed by atoms with Gasteiger partial charge in [-0.05, 0) is 36.8 Å². The van der Waals surface area contributed by atoms with Gasteiger partial charge in [-0.3, -0.25) is 4.79 Å². The number of anilines is 1. The Morgan fingerprint density at radius 3 is 2.76 bits per heavy atom. The monoisotopic (exact) mass is 230 g/mol. The molecule has 1 heterocycles. The van der Waals surface area contributed by atoms with E-state index in [4.69, 9.17) is 0 Å². The highest BCUT2D eigenvalue weighted by Crippen LogP contribution is 2.10. The third-order valence-electron chi connectivity index (χ3n) is 2.28. The largest absolute Gasteiger partial charge is 0.306 e. The molecule has 1 aromatic heterocycles. The summed E-state index contributed by atoms with van der Waals surface area (Å²) in [5.74, 6) is -0.628. The van der Waals surface area contributed by atoms with E-state index >= 15 is 0 Å². The fraction of sp³-hybridized carbons (Fsp3) is 0.0769. The van der Waals surface area contributed by atoms with Crippen molar-refractivity contribution in [3.63, 3.8) is 0 Å². The van der Waals surface area contributed by atoms with Gasteiger partial charge < -0.3 is 5.32 Å². The molecule has 0 aliphatic rings. The lowest BCUT2D eigenvalue weighted by atomic mass is 10.2. The lowest BCUT2D eigenvalue weighted by Gasteiger charge is -2.05. The van der Waals surface area contributed by atoms with Crippen LogP contribution in [0.4, 0.5) is 10.2 Å². The minimum Gasteiger partial charge on any atom is -0.306 e. The SMILES string of the molecule is Cc1ccnc(NC(=O)c2ccccc2F)c1. The number of carbonyl (C=O) groups excluding carboxylic acids is 1. The molecule has 0 radical (unpaired) electrons. The second-order valence-electron chi connectivity index (χ2n) is 3.65. The number of pyridine rings is 1. The van der Waals surface area contributed by atoms with E-state index in [9.17, 15) is 9.18 Å². The number of halogens is 1. The maximum atomic E-state index is 13.3. The molecule has 3 nitrogen and oxygen atoms in total. The van der Waals surface area contributed by atoms with Crippen molar-refractivity contribution in [3.8, 4) is 0 Å². The van der Waals surface area contributed by atoms with E-state index in [1.165, 1.54) is 18.2 Å². The molecule has 0 aliphatic heterocycles. The molecule has 0 saturated heterocycles. The van der Waals surface area contributed by atoms with Gasteiger partial charge in [0.2, 0.25) is 0 Å². The molecule has 1 N–H and O–H groups in total. The van der Waals surface area contributed by atoms with Crippen molar-refractivity contribution in [3.05, 3.63) is 59.5 Å². The molecule has 0 atom stereocenters. The van der Waals surface area contributed by atoms with Gasteiger partial charge in [-0.15, -0.1) is 0 Å². The summed E-state index contributed by atoms with van der Waals surface area (Å²) >= 11 is 0. The number of nitrogens with zero attached hydrogens (tertiary/aromatic N) is 1. The zero-order valence-corrected chi connectivity index (χ0v) is 9.27. The third kappa shape index (κ3) is 2.66. The van der Waals surface area contributed by atoms with Gasteiger partial charge in [0.1, 0.15) is 11.6 Å². The van der Waals surface area contributed by atoms with Crippen LogP contribution in [0.1, 0.15) is 15.9 Å². The molecule has 17 heavy (non-hydrogen) atoms.